The molecule has 1 N–H and O–H groups in total. The van der Waals surface area contributed by atoms with Gasteiger partial charge in [0.05, 0.1) is 23.5 Å². The molecule has 0 aliphatic heterocycles. The van der Waals surface area contributed by atoms with Gasteiger partial charge in [-0.1, -0.05) is 35.3 Å². The molecule has 0 saturated carbocycles. The normalized spacial score (nSPS) is 10.8. The molecular weight excluding hydrogens is 444 g/mol. The quantitative estimate of drug-likeness (QED) is 0.379. The smallest absolute Gasteiger partial charge is 0.291 e. The van der Waals surface area contributed by atoms with Crippen LogP contribution in [0.5, 0.6) is 5.75 Å². The zero-order valence-corrected chi connectivity index (χ0v) is 17.5. The molecule has 0 bridgehead atoms. The first kappa shape index (κ1) is 21.0. The molecule has 2 aromatic carbocycles. The van der Waals surface area contributed by atoms with Gasteiger partial charge in [0.15, 0.2) is 5.76 Å². The first-order valence-electron chi connectivity index (χ1n) is 9.21. The van der Waals surface area contributed by atoms with Gasteiger partial charge in [0, 0.05) is 11.2 Å². The monoisotopic (exact) mass is 459 g/mol. The van der Waals surface area contributed by atoms with E-state index in [1.165, 1.54) is 18.3 Å². The van der Waals surface area contributed by atoms with Gasteiger partial charge in [-0.05, 0) is 48.0 Å². The Kier molecular flexibility index (Phi) is 6.25. The highest BCUT2D eigenvalue weighted by atomic mass is 35.5. The Balaban J connectivity index is 1.33. The Morgan fingerprint density at radius 1 is 1.13 bits per heavy atom. The van der Waals surface area contributed by atoms with Crippen molar-refractivity contribution in [3.8, 4) is 5.75 Å². The van der Waals surface area contributed by atoms with Crippen LogP contribution in [0.1, 0.15) is 21.9 Å². The van der Waals surface area contributed by atoms with Gasteiger partial charge in [-0.15, -0.1) is 0 Å². The number of nitrogens with one attached hydrogen (secondary N) is 1. The van der Waals surface area contributed by atoms with Crippen molar-refractivity contribution in [1.82, 2.24) is 9.78 Å². The first-order valence-corrected chi connectivity index (χ1v) is 9.97. The van der Waals surface area contributed by atoms with E-state index in [0.717, 1.165) is 5.56 Å². The lowest BCUT2D eigenvalue weighted by atomic mass is 10.2. The minimum Gasteiger partial charge on any atom is -0.484 e. The summed E-state index contributed by atoms with van der Waals surface area (Å²) >= 11 is 11.9. The Morgan fingerprint density at radius 2 is 1.94 bits per heavy atom. The zero-order valence-electron chi connectivity index (χ0n) is 16.0. The van der Waals surface area contributed by atoms with E-state index in [1.54, 1.807) is 53.3 Å². The summed E-state index contributed by atoms with van der Waals surface area (Å²) in [6.45, 7) is 0.551. The van der Waals surface area contributed by atoms with Crippen LogP contribution in [0.4, 0.5) is 10.1 Å². The van der Waals surface area contributed by atoms with Crippen molar-refractivity contribution in [3.63, 3.8) is 0 Å². The standard InChI is InChI=1S/C22H16Cl2FN3O3/c23-15-3-7-20(19(24)9-15)30-13-18-6-8-21(31-18)22(29)27-17-10-26-28(12-17)11-14-1-4-16(25)5-2-14/h1-10,12H,11,13H2,(H,27,29). The van der Waals surface area contributed by atoms with E-state index in [0.29, 0.717) is 33.8 Å². The Bertz CT molecular complexity index is 1200. The summed E-state index contributed by atoms with van der Waals surface area (Å²) in [7, 11) is 0. The van der Waals surface area contributed by atoms with Crippen LogP contribution in [-0.4, -0.2) is 15.7 Å². The van der Waals surface area contributed by atoms with Gasteiger partial charge in [0.2, 0.25) is 0 Å². The number of hydrogen-bond acceptors (Lipinski definition) is 4. The molecule has 0 radical (unpaired) electrons. The van der Waals surface area contributed by atoms with Crippen LogP contribution in [0.3, 0.4) is 0 Å². The molecule has 31 heavy (non-hydrogen) atoms. The minimum atomic E-state index is -0.419. The fourth-order valence-corrected chi connectivity index (χ4v) is 3.27. The average molecular weight is 460 g/mol. The number of hydrogen-bond donors (Lipinski definition) is 1. The van der Waals surface area contributed by atoms with E-state index in [9.17, 15) is 9.18 Å². The van der Waals surface area contributed by atoms with Crippen molar-refractivity contribution >= 4 is 34.8 Å². The van der Waals surface area contributed by atoms with Crippen LogP contribution in [0.2, 0.25) is 10.0 Å². The molecule has 2 aromatic heterocycles. The van der Waals surface area contributed by atoms with Gasteiger partial charge in [-0.2, -0.15) is 5.10 Å². The molecule has 0 saturated heterocycles. The number of carbonyl (C=O) groups is 1. The zero-order chi connectivity index (χ0) is 21.8. The fourth-order valence-electron chi connectivity index (χ4n) is 2.80. The van der Waals surface area contributed by atoms with E-state index in [-0.39, 0.29) is 18.2 Å². The molecule has 4 rings (SSSR count). The Hall–Kier alpha value is -3.29. The van der Waals surface area contributed by atoms with Gasteiger partial charge >= 0.3 is 0 Å². The van der Waals surface area contributed by atoms with Crippen molar-refractivity contribution in [1.29, 1.82) is 0 Å². The highest BCUT2D eigenvalue weighted by Crippen LogP contribution is 2.28. The van der Waals surface area contributed by atoms with Crippen LogP contribution in [0.25, 0.3) is 0 Å². The number of aromatic nitrogens is 2. The van der Waals surface area contributed by atoms with Gasteiger partial charge in [0.25, 0.3) is 5.91 Å². The maximum atomic E-state index is 13.0. The molecule has 0 unspecified atom stereocenters. The van der Waals surface area contributed by atoms with Crippen molar-refractivity contribution in [3.05, 3.63) is 99.9 Å². The topological polar surface area (TPSA) is 69.3 Å². The molecule has 0 fully saturated rings. The van der Waals surface area contributed by atoms with Gasteiger partial charge in [0.1, 0.15) is 23.9 Å². The fraction of sp³-hybridized carbons (Fsp3) is 0.0909. The number of anilines is 1. The molecule has 0 spiro atoms. The van der Waals surface area contributed by atoms with E-state index in [1.807, 2.05) is 0 Å². The largest absolute Gasteiger partial charge is 0.484 e. The van der Waals surface area contributed by atoms with E-state index in [4.69, 9.17) is 32.4 Å². The SMILES string of the molecule is O=C(Nc1cnn(Cc2ccc(F)cc2)c1)c1ccc(COc2ccc(Cl)cc2Cl)o1. The van der Waals surface area contributed by atoms with Crippen LogP contribution >= 0.6 is 23.2 Å². The van der Waals surface area contributed by atoms with Crippen LogP contribution in [-0.2, 0) is 13.2 Å². The molecule has 4 aromatic rings. The Labute approximate surface area is 187 Å². The maximum absolute atomic E-state index is 13.0. The number of nitrogens with zero attached hydrogens (tertiary/aromatic N) is 2. The number of halogens is 3. The number of furan rings is 1. The average Bonchev–Trinajstić information content (AvgIpc) is 3.39. The maximum Gasteiger partial charge on any atom is 0.291 e. The van der Waals surface area contributed by atoms with E-state index < -0.39 is 5.91 Å². The molecule has 0 aliphatic carbocycles. The third-order valence-electron chi connectivity index (χ3n) is 4.30. The highest BCUT2D eigenvalue weighted by Gasteiger charge is 2.13. The predicted molar refractivity (Wildman–Crippen MR) is 115 cm³/mol. The van der Waals surface area contributed by atoms with Crippen molar-refractivity contribution in [2.45, 2.75) is 13.2 Å². The first-order chi connectivity index (χ1) is 15.0. The second kappa shape index (κ2) is 9.24. The number of ether oxygens (including phenoxy) is 1. The highest BCUT2D eigenvalue weighted by molar-refractivity contribution is 6.35. The Morgan fingerprint density at radius 3 is 2.71 bits per heavy atom. The van der Waals surface area contributed by atoms with Crippen molar-refractivity contribution in [2.24, 2.45) is 0 Å². The van der Waals surface area contributed by atoms with Crippen molar-refractivity contribution in [2.75, 3.05) is 5.32 Å². The molecule has 158 valence electrons. The lowest BCUT2D eigenvalue weighted by Crippen LogP contribution is -2.10. The molecule has 0 atom stereocenters. The summed E-state index contributed by atoms with van der Waals surface area (Å²) < 4.78 is 25.8. The summed E-state index contributed by atoms with van der Waals surface area (Å²) in [4.78, 5) is 12.4. The summed E-state index contributed by atoms with van der Waals surface area (Å²) in [5.74, 6) is 0.339. The molecule has 0 aliphatic rings. The van der Waals surface area contributed by atoms with E-state index >= 15 is 0 Å². The lowest BCUT2D eigenvalue weighted by Gasteiger charge is -2.06. The number of benzene rings is 2. The molecule has 2 heterocycles. The van der Waals surface area contributed by atoms with Crippen molar-refractivity contribution < 1.29 is 18.3 Å². The third kappa shape index (κ3) is 5.45. The van der Waals surface area contributed by atoms with Gasteiger partial charge in [-0.3, -0.25) is 9.48 Å². The number of amides is 1. The van der Waals surface area contributed by atoms with Gasteiger partial charge in [-0.25, -0.2) is 4.39 Å². The molecule has 6 nitrogen and oxygen atoms in total. The lowest BCUT2D eigenvalue weighted by molar-refractivity contribution is 0.0992. The summed E-state index contributed by atoms with van der Waals surface area (Å²) in [5.41, 5.74) is 1.40. The third-order valence-corrected chi connectivity index (χ3v) is 4.83. The molecular formula is C22H16Cl2FN3O3. The van der Waals surface area contributed by atoms with E-state index in [2.05, 4.69) is 10.4 Å². The second-order valence-corrected chi connectivity index (χ2v) is 7.48. The number of carbonyl (C=O) groups excluding carboxylic acids is 1. The summed E-state index contributed by atoms with van der Waals surface area (Å²) in [6.07, 6.45) is 3.20. The molecule has 1 amide bonds. The molecule has 9 heteroatoms. The van der Waals surface area contributed by atoms with Crippen LogP contribution in [0.15, 0.2) is 71.4 Å². The number of rotatable bonds is 7. The van der Waals surface area contributed by atoms with Crippen LogP contribution in [0, 0.1) is 5.82 Å². The summed E-state index contributed by atoms with van der Waals surface area (Å²) in [6, 6.07) is 14.2. The van der Waals surface area contributed by atoms with Crippen LogP contribution < -0.4 is 10.1 Å². The minimum absolute atomic E-state index is 0.101. The summed E-state index contributed by atoms with van der Waals surface area (Å²) in [5, 5.41) is 7.82. The predicted octanol–water partition coefficient (Wildman–Crippen LogP) is 5.80. The second-order valence-electron chi connectivity index (χ2n) is 6.64. The van der Waals surface area contributed by atoms with Gasteiger partial charge < -0.3 is 14.5 Å².